The van der Waals surface area contributed by atoms with Crippen molar-refractivity contribution in [2.75, 3.05) is 6.54 Å². The van der Waals surface area contributed by atoms with Crippen LogP contribution in [0, 0.1) is 11.3 Å². The summed E-state index contributed by atoms with van der Waals surface area (Å²) in [6.07, 6.45) is 1.05. The van der Waals surface area contributed by atoms with Gasteiger partial charge in [0.1, 0.15) is 0 Å². The lowest BCUT2D eigenvalue weighted by Gasteiger charge is -2.22. The van der Waals surface area contributed by atoms with Crippen LogP contribution in [-0.4, -0.2) is 34.7 Å². The average molecular weight is 259 g/mol. The molecule has 0 aromatic rings. The second-order valence-electron chi connectivity index (χ2n) is 5.31. The first-order valence-electron chi connectivity index (χ1n) is 6.42. The standard InChI is InChI=1S/C13H25NO4/c1-5-9(6-2)10(15)8-14-11(16)7-13(3,4)12(17)18/h9-10,15H,5-8H2,1-4H3,(H,14,16)(H,17,18). The van der Waals surface area contributed by atoms with Crippen LogP contribution in [0.2, 0.25) is 0 Å². The highest BCUT2D eigenvalue weighted by molar-refractivity contribution is 5.84. The quantitative estimate of drug-likeness (QED) is 0.615. The fourth-order valence-electron chi connectivity index (χ4n) is 1.76. The third-order valence-electron chi connectivity index (χ3n) is 3.28. The second-order valence-corrected chi connectivity index (χ2v) is 5.31. The fourth-order valence-corrected chi connectivity index (χ4v) is 1.76. The van der Waals surface area contributed by atoms with Crippen LogP contribution >= 0.6 is 0 Å². The van der Waals surface area contributed by atoms with E-state index < -0.39 is 17.5 Å². The summed E-state index contributed by atoms with van der Waals surface area (Å²) in [5.41, 5.74) is -1.08. The van der Waals surface area contributed by atoms with Crippen molar-refractivity contribution in [3.05, 3.63) is 0 Å². The number of carbonyl (C=O) groups is 2. The second kappa shape index (κ2) is 7.36. The molecule has 0 spiro atoms. The minimum Gasteiger partial charge on any atom is -0.481 e. The predicted molar refractivity (Wildman–Crippen MR) is 69.1 cm³/mol. The Morgan fingerprint density at radius 1 is 1.22 bits per heavy atom. The highest BCUT2D eigenvalue weighted by Crippen LogP contribution is 2.20. The Hall–Kier alpha value is -1.10. The Balaban J connectivity index is 4.15. The summed E-state index contributed by atoms with van der Waals surface area (Å²) in [5, 5.41) is 21.3. The molecule has 3 N–H and O–H groups in total. The molecule has 0 fully saturated rings. The molecule has 0 aliphatic carbocycles. The summed E-state index contributed by atoms with van der Waals surface area (Å²) in [7, 11) is 0. The van der Waals surface area contributed by atoms with Crippen molar-refractivity contribution in [3.63, 3.8) is 0 Å². The van der Waals surface area contributed by atoms with E-state index in [2.05, 4.69) is 5.32 Å². The molecule has 0 heterocycles. The zero-order valence-electron chi connectivity index (χ0n) is 11.7. The van der Waals surface area contributed by atoms with Crippen molar-refractivity contribution in [3.8, 4) is 0 Å². The van der Waals surface area contributed by atoms with Crippen LogP contribution < -0.4 is 5.32 Å². The van der Waals surface area contributed by atoms with Crippen molar-refractivity contribution in [2.24, 2.45) is 11.3 Å². The number of amides is 1. The number of aliphatic hydroxyl groups excluding tert-OH is 1. The maximum absolute atomic E-state index is 11.6. The molecule has 5 heteroatoms. The van der Waals surface area contributed by atoms with Crippen molar-refractivity contribution in [1.82, 2.24) is 5.32 Å². The zero-order valence-corrected chi connectivity index (χ0v) is 11.7. The lowest BCUT2D eigenvalue weighted by Crippen LogP contribution is -2.39. The van der Waals surface area contributed by atoms with Gasteiger partial charge in [0.2, 0.25) is 5.91 Å². The van der Waals surface area contributed by atoms with Crippen LogP contribution in [0.5, 0.6) is 0 Å². The summed E-state index contributed by atoms with van der Waals surface area (Å²) in [6, 6.07) is 0. The molecule has 1 atom stereocenters. The number of aliphatic hydroxyl groups is 1. The van der Waals surface area contributed by atoms with Crippen molar-refractivity contribution >= 4 is 11.9 Å². The van der Waals surface area contributed by atoms with Gasteiger partial charge < -0.3 is 15.5 Å². The van der Waals surface area contributed by atoms with Gasteiger partial charge in [-0.2, -0.15) is 0 Å². The Kier molecular flexibility index (Phi) is 6.91. The lowest BCUT2D eigenvalue weighted by molar-refractivity contribution is -0.149. The van der Waals surface area contributed by atoms with Gasteiger partial charge in [-0.1, -0.05) is 26.7 Å². The van der Waals surface area contributed by atoms with Crippen LogP contribution in [0.4, 0.5) is 0 Å². The van der Waals surface area contributed by atoms with E-state index >= 15 is 0 Å². The van der Waals surface area contributed by atoms with E-state index in [1.165, 1.54) is 13.8 Å². The number of hydrogen-bond donors (Lipinski definition) is 3. The van der Waals surface area contributed by atoms with Crippen LogP contribution in [0.3, 0.4) is 0 Å². The highest BCUT2D eigenvalue weighted by Gasteiger charge is 2.30. The van der Waals surface area contributed by atoms with Gasteiger partial charge in [-0.05, 0) is 19.8 Å². The molecule has 0 rings (SSSR count). The predicted octanol–water partition coefficient (Wildman–Crippen LogP) is 1.40. The van der Waals surface area contributed by atoms with Gasteiger partial charge in [0.25, 0.3) is 0 Å². The maximum atomic E-state index is 11.6. The topological polar surface area (TPSA) is 86.6 Å². The number of hydrogen-bond acceptors (Lipinski definition) is 3. The van der Waals surface area contributed by atoms with E-state index in [0.29, 0.717) is 0 Å². The van der Waals surface area contributed by atoms with E-state index in [-0.39, 0.29) is 24.8 Å². The summed E-state index contributed by atoms with van der Waals surface area (Å²) in [4.78, 5) is 22.4. The fraction of sp³-hybridized carbons (Fsp3) is 0.846. The molecule has 5 nitrogen and oxygen atoms in total. The minimum atomic E-state index is -1.08. The Morgan fingerprint density at radius 2 is 1.72 bits per heavy atom. The van der Waals surface area contributed by atoms with E-state index in [0.717, 1.165) is 12.8 Å². The largest absolute Gasteiger partial charge is 0.481 e. The highest BCUT2D eigenvalue weighted by atomic mass is 16.4. The molecule has 0 aromatic heterocycles. The molecule has 106 valence electrons. The smallest absolute Gasteiger partial charge is 0.309 e. The van der Waals surface area contributed by atoms with Crippen LogP contribution in [0.15, 0.2) is 0 Å². The van der Waals surface area contributed by atoms with Gasteiger partial charge in [-0.3, -0.25) is 9.59 Å². The van der Waals surface area contributed by atoms with Gasteiger partial charge in [-0.15, -0.1) is 0 Å². The number of aliphatic carboxylic acids is 1. The molecule has 0 aliphatic rings. The minimum absolute atomic E-state index is 0.0853. The first-order chi connectivity index (χ1) is 8.24. The van der Waals surface area contributed by atoms with Crippen LogP contribution in [-0.2, 0) is 9.59 Å². The SMILES string of the molecule is CCC(CC)C(O)CNC(=O)CC(C)(C)C(=O)O. The molecule has 18 heavy (non-hydrogen) atoms. The van der Waals surface area contributed by atoms with Crippen LogP contribution in [0.25, 0.3) is 0 Å². The average Bonchev–Trinajstić information content (AvgIpc) is 2.27. The molecule has 0 saturated carbocycles. The van der Waals surface area contributed by atoms with Gasteiger partial charge in [0.05, 0.1) is 11.5 Å². The van der Waals surface area contributed by atoms with Gasteiger partial charge in [0, 0.05) is 13.0 Å². The Bertz CT molecular complexity index is 285. The number of nitrogens with one attached hydrogen (secondary N) is 1. The van der Waals surface area contributed by atoms with E-state index in [1.807, 2.05) is 13.8 Å². The lowest BCUT2D eigenvalue weighted by atomic mass is 9.89. The number of carbonyl (C=O) groups excluding carboxylic acids is 1. The van der Waals surface area contributed by atoms with Crippen molar-refractivity contribution < 1.29 is 19.8 Å². The third-order valence-corrected chi connectivity index (χ3v) is 3.28. The summed E-state index contributed by atoms with van der Waals surface area (Å²) in [5.74, 6) is -1.18. The van der Waals surface area contributed by atoms with Gasteiger partial charge in [-0.25, -0.2) is 0 Å². The Labute approximate surface area is 109 Å². The van der Waals surface area contributed by atoms with E-state index in [1.54, 1.807) is 0 Å². The molecule has 1 amide bonds. The number of carboxylic acids is 1. The summed E-state index contributed by atoms with van der Waals surface area (Å²) < 4.78 is 0. The maximum Gasteiger partial charge on any atom is 0.309 e. The monoisotopic (exact) mass is 259 g/mol. The molecule has 0 aromatic carbocycles. The van der Waals surface area contributed by atoms with Gasteiger partial charge >= 0.3 is 5.97 Å². The summed E-state index contributed by atoms with van der Waals surface area (Å²) in [6.45, 7) is 7.18. The first-order valence-corrected chi connectivity index (χ1v) is 6.42. The molecule has 0 bridgehead atoms. The normalized spacial score (nSPS) is 13.4. The number of rotatable bonds is 8. The first kappa shape index (κ1) is 16.9. The zero-order chi connectivity index (χ0) is 14.3. The molecule has 1 unspecified atom stereocenters. The molecule has 0 saturated heterocycles. The third kappa shape index (κ3) is 5.49. The Morgan fingerprint density at radius 3 is 2.11 bits per heavy atom. The molecule has 0 radical (unpaired) electrons. The number of carboxylic acid groups (broad SMARTS) is 1. The van der Waals surface area contributed by atoms with Crippen molar-refractivity contribution in [1.29, 1.82) is 0 Å². The molecular weight excluding hydrogens is 234 g/mol. The summed E-state index contributed by atoms with van der Waals surface area (Å²) >= 11 is 0. The van der Waals surface area contributed by atoms with Gasteiger partial charge in [0.15, 0.2) is 0 Å². The molecule has 0 aliphatic heterocycles. The van der Waals surface area contributed by atoms with E-state index in [4.69, 9.17) is 5.11 Å². The van der Waals surface area contributed by atoms with Crippen molar-refractivity contribution in [2.45, 2.75) is 53.1 Å². The van der Waals surface area contributed by atoms with Crippen LogP contribution in [0.1, 0.15) is 47.0 Å². The molecular formula is C13H25NO4. The van der Waals surface area contributed by atoms with E-state index in [9.17, 15) is 14.7 Å².